The number of aromatic nitrogens is 1. The van der Waals surface area contributed by atoms with Crippen molar-refractivity contribution in [3.8, 4) is 0 Å². The Morgan fingerprint density at radius 3 is 3.05 bits per heavy atom. The zero-order valence-electron chi connectivity index (χ0n) is 10.8. The van der Waals surface area contributed by atoms with Crippen molar-refractivity contribution in [2.24, 2.45) is 0 Å². The van der Waals surface area contributed by atoms with E-state index in [1.54, 1.807) is 0 Å². The summed E-state index contributed by atoms with van der Waals surface area (Å²) in [6.07, 6.45) is 5.32. The molecule has 3 rings (SSSR count). The summed E-state index contributed by atoms with van der Waals surface area (Å²) in [4.78, 5) is 15.9. The maximum Gasteiger partial charge on any atom is 0.339 e. The Kier molecular flexibility index (Phi) is 3.64. The Morgan fingerprint density at radius 2 is 2.32 bits per heavy atom. The summed E-state index contributed by atoms with van der Waals surface area (Å²) in [6.45, 7) is 0. The van der Waals surface area contributed by atoms with Crippen LogP contribution < -0.4 is 5.32 Å². The van der Waals surface area contributed by atoms with Gasteiger partial charge in [-0.25, -0.2) is 9.78 Å². The highest BCUT2D eigenvalue weighted by atomic mass is 32.2. The van der Waals surface area contributed by atoms with Gasteiger partial charge in [0.15, 0.2) is 0 Å². The summed E-state index contributed by atoms with van der Waals surface area (Å²) >= 11 is 1.92. The van der Waals surface area contributed by atoms with Crippen LogP contribution in [0.15, 0.2) is 6.07 Å². The molecule has 1 aliphatic heterocycles. The van der Waals surface area contributed by atoms with E-state index in [0.29, 0.717) is 17.4 Å². The number of carbonyl (C=O) groups is 1. The smallest absolute Gasteiger partial charge is 0.339 e. The number of aromatic carboxylic acids is 1. The second kappa shape index (κ2) is 5.41. The molecule has 1 fully saturated rings. The number of nitrogens with zero attached hydrogens (tertiary/aromatic N) is 1. The maximum absolute atomic E-state index is 11.4. The average molecular weight is 278 g/mol. The van der Waals surface area contributed by atoms with E-state index >= 15 is 0 Å². The van der Waals surface area contributed by atoms with E-state index in [2.05, 4.69) is 10.3 Å². The molecule has 0 bridgehead atoms. The van der Waals surface area contributed by atoms with Gasteiger partial charge < -0.3 is 10.4 Å². The molecule has 19 heavy (non-hydrogen) atoms. The molecule has 0 spiro atoms. The second-order valence-electron chi connectivity index (χ2n) is 5.21. The van der Waals surface area contributed by atoms with E-state index < -0.39 is 5.97 Å². The standard InChI is InChI=1S/C14H18N2O2S/c17-14(18)11-7-9-3-1-5-12(9)16-13(11)15-10-4-2-6-19-8-10/h7,10H,1-6,8H2,(H,15,16)(H,17,18). The minimum atomic E-state index is -0.881. The summed E-state index contributed by atoms with van der Waals surface area (Å²) in [5.74, 6) is 1.94. The van der Waals surface area contributed by atoms with Crippen molar-refractivity contribution in [3.05, 3.63) is 22.9 Å². The first-order chi connectivity index (χ1) is 9.24. The van der Waals surface area contributed by atoms with Crippen molar-refractivity contribution in [1.82, 2.24) is 4.98 Å². The molecule has 102 valence electrons. The lowest BCUT2D eigenvalue weighted by Gasteiger charge is -2.24. The van der Waals surface area contributed by atoms with Gasteiger partial charge in [0.2, 0.25) is 0 Å². The molecule has 5 heteroatoms. The van der Waals surface area contributed by atoms with Crippen molar-refractivity contribution in [2.45, 2.75) is 38.1 Å². The average Bonchev–Trinajstić information content (AvgIpc) is 2.86. The van der Waals surface area contributed by atoms with Crippen LogP contribution in [0.3, 0.4) is 0 Å². The summed E-state index contributed by atoms with van der Waals surface area (Å²) in [6, 6.07) is 2.17. The van der Waals surface area contributed by atoms with E-state index in [1.165, 1.54) is 12.2 Å². The molecular formula is C14H18N2O2S. The van der Waals surface area contributed by atoms with Crippen molar-refractivity contribution in [3.63, 3.8) is 0 Å². The zero-order valence-corrected chi connectivity index (χ0v) is 11.6. The summed E-state index contributed by atoms with van der Waals surface area (Å²) in [5, 5.41) is 12.7. The molecule has 1 atom stereocenters. The Morgan fingerprint density at radius 1 is 1.42 bits per heavy atom. The van der Waals surface area contributed by atoms with Gasteiger partial charge in [-0.15, -0.1) is 0 Å². The molecule has 2 heterocycles. The third-order valence-corrected chi connectivity index (χ3v) is 5.00. The highest BCUT2D eigenvalue weighted by molar-refractivity contribution is 7.99. The van der Waals surface area contributed by atoms with Gasteiger partial charge in [-0.2, -0.15) is 11.8 Å². The summed E-state index contributed by atoms with van der Waals surface area (Å²) in [7, 11) is 0. The molecule has 1 aliphatic carbocycles. The molecule has 0 saturated carbocycles. The number of nitrogens with one attached hydrogen (secondary N) is 1. The number of hydrogen-bond acceptors (Lipinski definition) is 4. The van der Waals surface area contributed by atoms with Crippen LogP contribution in [-0.2, 0) is 12.8 Å². The number of hydrogen-bond donors (Lipinski definition) is 2. The first kappa shape index (κ1) is 12.8. The molecule has 2 N–H and O–H groups in total. The number of aryl methyl sites for hydroxylation is 2. The molecule has 1 unspecified atom stereocenters. The van der Waals surface area contributed by atoms with E-state index in [9.17, 15) is 9.90 Å². The third-order valence-electron chi connectivity index (χ3n) is 3.78. The normalized spacial score (nSPS) is 22.0. The van der Waals surface area contributed by atoms with Crippen LogP contribution in [0.25, 0.3) is 0 Å². The van der Waals surface area contributed by atoms with Crippen molar-refractivity contribution < 1.29 is 9.90 Å². The van der Waals surface area contributed by atoms with Crippen molar-refractivity contribution in [2.75, 3.05) is 16.8 Å². The van der Waals surface area contributed by atoms with Gasteiger partial charge in [-0.3, -0.25) is 0 Å². The van der Waals surface area contributed by atoms with Crippen LogP contribution in [0.1, 0.15) is 40.9 Å². The Balaban J connectivity index is 1.87. The molecule has 0 amide bonds. The largest absolute Gasteiger partial charge is 0.478 e. The zero-order chi connectivity index (χ0) is 13.2. The number of fused-ring (bicyclic) bond motifs is 1. The number of carboxylic acid groups (broad SMARTS) is 1. The number of rotatable bonds is 3. The lowest BCUT2D eigenvalue weighted by Crippen LogP contribution is -2.27. The molecule has 4 nitrogen and oxygen atoms in total. The fourth-order valence-electron chi connectivity index (χ4n) is 2.79. The van der Waals surface area contributed by atoms with E-state index in [-0.39, 0.29) is 0 Å². The predicted molar refractivity (Wildman–Crippen MR) is 77.2 cm³/mol. The van der Waals surface area contributed by atoms with Gasteiger partial charge in [0.25, 0.3) is 0 Å². The highest BCUT2D eigenvalue weighted by Gasteiger charge is 2.22. The highest BCUT2D eigenvalue weighted by Crippen LogP contribution is 2.27. The predicted octanol–water partition coefficient (Wildman–Crippen LogP) is 2.58. The fraction of sp³-hybridized carbons (Fsp3) is 0.571. The minimum absolute atomic E-state index is 0.330. The van der Waals surface area contributed by atoms with Gasteiger partial charge in [-0.1, -0.05) is 0 Å². The molecule has 2 aliphatic rings. The Hall–Kier alpha value is -1.23. The summed E-state index contributed by atoms with van der Waals surface area (Å²) < 4.78 is 0. The van der Waals surface area contributed by atoms with Crippen LogP contribution in [0, 0.1) is 0 Å². The Labute approximate surface area is 117 Å². The molecule has 1 saturated heterocycles. The maximum atomic E-state index is 11.4. The quantitative estimate of drug-likeness (QED) is 0.890. The second-order valence-corrected chi connectivity index (χ2v) is 6.36. The monoisotopic (exact) mass is 278 g/mol. The van der Waals surface area contributed by atoms with Crippen LogP contribution in [0.2, 0.25) is 0 Å². The van der Waals surface area contributed by atoms with E-state index in [0.717, 1.165) is 42.7 Å². The van der Waals surface area contributed by atoms with Crippen LogP contribution in [-0.4, -0.2) is 33.6 Å². The van der Waals surface area contributed by atoms with Gasteiger partial charge in [-0.05, 0) is 49.5 Å². The first-order valence-corrected chi connectivity index (χ1v) is 8.00. The lowest BCUT2D eigenvalue weighted by atomic mass is 10.1. The van der Waals surface area contributed by atoms with Gasteiger partial charge >= 0.3 is 5.97 Å². The van der Waals surface area contributed by atoms with E-state index in [1.807, 2.05) is 17.8 Å². The fourth-order valence-corrected chi connectivity index (χ4v) is 3.87. The van der Waals surface area contributed by atoms with E-state index in [4.69, 9.17) is 0 Å². The number of pyridine rings is 1. The van der Waals surface area contributed by atoms with Gasteiger partial charge in [0, 0.05) is 17.5 Å². The summed E-state index contributed by atoms with van der Waals surface area (Å²) in [5.41, 5.74) is 2.52. The Bertz CT molecular complexity index is 498. The van der Waals surface area contributed by atoms with Crippen molar-refractivity contribution in [1.29, 1.82) is 0 Å². The molecule has 1 aromatic rings. The first-order valence-electron chi connectivity index (χ1n) is 6.84. The number of anilines is 1. The number of carboxylic acids is 1. The lowest BCUT2D eigenvalue weighted by molar-refractivity contribution is 0.0697. The topological polar surface area (TPSA) is 62.2 Å². The molecule has 0 aromatic carbocycles. The third kappa shape index (κ3) is 2.71. The van der Waals surface area contributed by atoms with Crippen LogP contribution >= 0.6 is 11.8 Å². The number of thioether (sulfide) groups is 1. The van der Waals surface area contributed by atoms with Gasteiger partial charge in [0.1, 0.15) is 11.4 Å². The van der Waals surface area contributed by atoms with Crippen LogP contribution in [0.5, 0.6) is 0 Å². The molecular weight excluding hydrogens is 260 g/mol. The van der Waals surface area contributed by atoms with Gasteiger partial charge in [0.05, 0.1) is 0 Å². The van der Waals surface area contributed by atoms with Crippen LogP contribution in [0.4, 0.5) is 5.82 Å². The SMILES string of the molecule is O=C(O)c1cc2c(nc1NC1CCCSC1)CCC2. The van der Waals surface area contributed by atoms with Crippen molar-refractivity contribution >= 4 is 23.5 Å². The molecule has 0 radical (unpaired) electrons. The molecule has 1 aromatic heterocycles. The minimum Gasteiger partial charge on any atom is -0.478 e.